The molecular weight excluding hydrogens is 478 g/mol. The van der Waals surface area contributed by atoms with Gasteiger partial charge in [0.1, 0.15) is 0 Å². The fourth-order valence-corrected chi connectivity index (χ4v) is 7.34. The summed E-state index contributed by atoms with van der Waals surface area (Å²) in [6.07, 6.45) is 0. The van der Waals surface area contributed by atoms with Crippen molar-refractivity contribution in [2.75, 3.05) is 4.90 Å². The maximum absolute atomic E-state index is 2.43. The predicted octanol–water partition coefficient (Wildman–Crippen LogP) is 11.0. The zero-order valence-electron chi connectivity index (χ0n) is 20.6. The number of benzene rings is 7. The summed E-state index contributed by atoms with van der Waals surface area (Å²) in [5, 5.41) is 10.4. The molecule has 0 amide bonds. The second kappa shape index (κ2) is 8.44. The minimum atomic E-state index is 1.16. The normalized spacial score (nSPS) is 11.7. The van der Waals surface area contributed by atoms with Gasteiger partial charge in [-0.15, -0.1) is 11.3 Å². The van der Waals surface area contributed by atoms with E-state index in [2.05, 4.69) is 144 Å². The number of rotatable bonds is 3. The van der Waals surface area contributed by atoms with Gasteiger partial charge in [-0.2, -0.15) is 0 Å². The molecule has 0 atom stereocenters. The molecule has 0 bridgehead atoms. The lowest BCUT2D eigenvalue weighted by Gasteiger charge is -2.27. The highest BCUT2D eigenvalue weighted by atomic mass is 32.1. The summed E-state index contributed by atoms with van der Waals surface area (Å²) in [5.74, 6) is 0. The van der Waals surface area contributed by atoms with Crippen molar-refractivity contribution in [3.05, 3.63) is 140 Å². The number of hydrogen-bond acceptors (Lipinski definition) is 2. The molecule has 0 aliphatic rings. The van der Waals surface area contributed by atoms with Gasteiger partial charge in [0.25, 0.3) is 0 Å². The zero-order valence-corrected chi connectivity index (χ0v) is 21.5. The first kappa shape index (κ1) is 21.4. The van der Waals surface area contributed by atoms with Crippen molar-refractivity contribution in [1.82, 2.24) is 0 Å². The summed E-state index contributed by atoms with van der Waals surface area (Å²) in [6.45, 7) is 0. The molecule has 178 valence electrons. The van der Waals surface area contributed by atoms with Crippen molar-refractivity contribution in [3.63, 3.8) is 0 Å². The number of thiophene rings is 1. The Labute approximate surface area is 224 Å². The lowest BCUT2D eigenvalue weighted by Crippen LogP contribution is -2.10. The third-order valence-corrected chi connectivity index (χ3v) is 8.88. The topological polar surface area (TPSA) is 3.24 Å². The van der Waals surface area contributed by atoms with Crippen LogP contribution in [0.5, 0.6) is 0 Å². The molecule has 38 heavy (non-hydrogen) atoms. The number of hydrogen-bond donors (Lipinski definition) is 0. The van der Waals surface area contributed by atoms with Crippen LogP contribution in [0.25, 0.3) is 52.5 Å². The largest absolute Gasteiger partial charge is 0.308 e. The molecule has 8 rings (SSSR count). The van der Waals surface area contributed by atoms with Crippen molar-refractivity contribution in [2.24, 2.45) is 0 Å². The molecule has 0 saturated carbocycles. The van der Waals surface area contributed by atoms with Crippen LogP contribution in [0.1, 0.15) is 0 Å². The van der Waals surface area contributed by atoms with Gasteiger partial charge in [-0.3, -0.25) is 0 Å². The number of para-hydroxylation sites is 1. The fourth-order valence-electron chi connectivity index (χ4n) is 5.98. The summed E-state index contributed by atoms with van der Waals surface area (Å²) in [7, 11) is 0. The fraction of sp³-hybridized carbons (Fsp3) is 0. The van der Waals surface area contributed by atoms with Crippen LogP contribution in [0, 0.1) is 0 Å². The summed E-state index contributed by atoms with van der Waals surface area (Å²) in [5.41, 5.74) is 3.55. The van der Waals surface area contributed by atoms with Crippen LogP contribution < -0.4 is 4.90 Å². The predicted molar refractivity (Wildman–Crippen MR) is 167 cm³/mol. The van der Waals surface area contributed by atoms with Crippen LogP contribution in [0.4, 0.5) is 17.1 Å². The number of anilines is 3. The molecule has 2 heteroatoms. The highest BCUT2D eigenvalue weighted by molar-refractivity contribution is 7.27. The highest BCUT2D eigenvalue weighted by Gasteiger charge is 2.21. The van der Waals surface area contributed by atoms with Crippen LogP contribution in [-0.2, 0) is 0 Å². The van der Waals surface area contributed by atoms with E-state index in [-0.39, 0.29) is 0 Å². The molecule has 1 aromatic heterocycles. The molecule has 8 aromatic rings. The Hall–Kier alpha value is -4.66. The first-order chi connectivity index (χ1) is 18.9. The van der Waals surface area contributed by atoms with Gasteiger partial charge < -0.3 is 4.90 Å². The Morgan fingerprint density at radius 1 is 0.368 bits per heavy atom. The van der Waals surface area contributed by atoms with Gasteiger partial charge in [0.2, 0.25) is 0 Å². The standard InChI is InChI=1S/C36H23NS/c1-2-14-25(15-3-1)37(32-22-10-13-24-12-4-5-16-26(24)32)33-23-11-21-31-34-29-19-8-6-17-27(29)28-18-7-9-20-30(28)36(34)38-35(31)33/h1-23H. The number of nitrogens with zero attached hydrogens (tertiary/aromatic N) is 1. The molecule has 0 fully saturated rings. The van der Waals surface area contributed by atoms with Crippen LogP contribution in [0.2, 0.25) is 0 Å². The summed E-state index contributed by atoms with van der Waals surface area (Å²) >= 11 is 1.91. The lowest BCUT2D eigenvalue weighted by atomic mass is 9.97. The first-order valence-electron chi connectivity index (χ1n) is 13.0. The monoisotopic (exact) mass is 501 g/mol. The molecule has 0 unspecified atom stereocenters. The summed E-state index contributed by atoms with van der Waals surface area (Å²) < 4.78 is 2.66. The van der Waals surface area contributed by atoms with Crippen molar-refractivity contribution in [3.8, 4) is 0 Å². The molecule has 1 heterocycles. The van der Waals surface area contributed by atoms with Gasteiger partial charge in [-0.05, 0) is 45.8 Å². The van der Waals surface area contributed by atoms with Crippen LogP contribution in [0.15, 0.2) is 140 Å². The lowest BCUT2D eigenvalue weighted by molar-refractivity contribution is 1.32. The van der Waals surface area contributed by atoms with E-state index in [4.69, 9.17) is 0 Å². The van der Waals surface area contributed by atoms with Crippen LogP contribution >= 0.6 is 11.3 Å². The molecular formula is C36H23NS. The Bertz CT molecular complexity index is 2130. The molecule has 7 aromatic carbocycles. The maximum atomic E-state index is 2.43. The highest BCUT2D eigenvalue weighted by Crippen LogP contribution is 2.49. The number of fused-ring (bicyclic) bond motifs is 9. The second-order valence-electron chi connectivity index (χ2n) is 9.72. The van der Waals surface area contributed by atoms with Crippen molar-refractivity contribution in [2.45, 2.75) is 0 Å². The first-order valence-corrected chi connectivity index (χ1v) is 13.8. The summed E-state index contributed by atoms with van der Waals surface area (Å²) in [4.78, 5) is 2.43. The molecule has 0 radical (unpaired) electrons. The van der Waals surface area contributed by atoms with E-state index < -0.39 is 0 Å². The average Bonchev–Trinajstić information content (AvgIpc) is 3.39. The van der Waals surface area contributed by atoms with Gasteiger partial charge >= 0.3 is 0 Å². The molecule has 0 N–H and O–H groups in total. The van der Waals surface area contributed by atoms with E-state index in [0.717, 1.165) is 5.69 Å². The van der Waals surface area contributed by atoms with E-state index in [1.165, 1.54) is 63.9 Å². The van der Waals surface area contributed by atoms with Crippen LogP contribution in [0.3, 0.4) is 0 Å². The summed E-state index contributed by atoms with van der Waals surface area (Å²) in [6, 6.07) is 50.5. The van der Waals surface area contributed by atoms with E-state index >= 15 is 0 Å². The van der Waals surface area contributed by atoms with Crippen molar-refractivity contribution < 1.29 is 0 Å². The molecule has 0 aliphatic heterocycles. The SMILES string of the molecule is c1ccc(N(c2cccc3ccccc23)c2cccc3c2sc2c4ccccc4c4ccccc4c32)cc1. The minimum absolute atomic E-state index is 1.16. The third-order valence-electron chi connectivity index (χ3n) is 7.62. The van der Waals surface area contributed by atoms with Crippen molar-refractivity contribution >= 4 is 80.9 Å². The molecule has 0 spiro atoms. The Balaban J connectivity index is 1.53. The quantitative estimate of drug-likeness (QED) is 0.218. The molecule has 0 aliphatic carbocycles. The average molecular weight is 502 g/mol. The third kappa shape index (κ3) is 3.11. The van der Waals surface area contributed by atoms with Crippen LogP contribution in [-0.4, -0.2) is 0 Å². The van der Waals surface area contributed by atoms with E-state index in [1.54, 1.807) is 0 Å². The van der Waals surface area contributed by atoms with Gasteiger partial charge in [-0.1, -0.05) is 115 Å². The smallest absolute Gasteiger partial charge is 0.0640 e. The van der Waals surface area contributed by atoms with Gasteiger partial charge in [0, 0.05) is 31.9 Å². The van der Waals surface area contributed by atoms with Gasteiger partial charge in [-0.25, -0.2) is 0 Å². The van der Waals surface area contributed by atoms with E-state index in [1.807, 2.05) is 11.3 Å². The second-order valence-corrected chi connectivity index (χ2v) is 10.7. The molecule has 1 nitrogen and oxygen atoms in total. The Morgan fingerprint density at radius 2 is 0.921 bits per heavy atom. The van der Waals surface area contributed by atoms with Gasteiger partial charge in [0.05, 0.1) is 16.1 Å². The van der Waals surface area contributed by atoms with Crippen molar-refractivity contribution in [1.29, 1.82) is 0 Å². The molecule has 0 saturated heterocycles. The minimum Gasteiger partial charge on any atom is -0.308 e. The van der Waals surface area contributed by atoms with E-state index in [9.17, 15) is 0 Å². The van der Waals surface area contributed by atoms with E-state index in [0.29, 0.717) is 0 Å². The van der Waals surface area contributed by atoms with Gasteiger partial charge in [0.15, 0.2) is 0 Å². The zero-order chi connectivity index (χ0) is 25.1. The Morgan fingerprint density at radius 3 is 1.74 bits per heavy atom. The Kier molecular flexibility index (Phi) is 4.76. The maximum Gasteiger partial charge on any atom is 0.0640 e.